The number of hydrogen-bond acceptors (Lipinski definition) is 3. The average Bonchev–Trinajstić information content (AvgIpc) is 3.29. The smallest absolute Gasteiger partial charge is 0.268 e. The molecule has 0 unspecified atom stereocenters. The third kappa shape index (κ3) is 4.37. The van der Waals surface area contributed by atoms with Crippen LogP contribution in [0.4, 0.5) is 0 Å². The molecule has 0 spiro atoms. The second-order valence-corrected chi connectivity index (χ2v) is 7.93. The van der Waals surface area contributed by atoms with Crippen molar-refractivity contribution in [2.24, 2.45) is 7.05 Å². The van der Waals surface area contributed by atoms with Gasteiger partial charge in [0.15, 0.2) is 0 Å². The van der Waals surface area contributed by atoms with Gasteiger partial charge in [-0.3, -0.25) is 14.5 Å². The van der Waals surface area contributed by atoms with Crippen LogP contribution in [0.15, 0.2) is 18.3 Å². The Hall–Kier alpha value is -1.82. The Balaban J connectivity index is 1.73. The third-order valence-corrected chi connectivity index (χ3v) is 6.25. The van der Waals surface area contributed by atoms with Crippen molar-refractivity contribution in [3.8, 4) is 0 Å². The second kappa shape index (κ2) is 8.91. The molecule has 1 saturated heterocycles. The van der Waals surface area contributed by atoms with Crippen molar-refractivity contribution in [2.75, 3.05) is 19.6 Å². The lowest BCUT2D eigenvalue weighted by atomic mass is 9.93. The SMILES string of the molecule is CCN(CC)C(=O)[C@@H]1C[C@H](NC(=O)c2cccn2C)CN1C1CCCCC1. The summed E-state index contributed by atoms with van der Waals surface area (Å²) in [5, 5.41) is 3.18. The van der Waals surface area contributed by atoms with Crippen molar-refractivity contribution in [1.82, 2.24) is 19.7 Å². The molecule has 6 nitrogen and oxygen atoms in total. The van der Waals surface area contributed by atoms with Crippen molar-refractivity contribution in [2.45, 2.75) is 70.5 Å². The molecule has 0 bridgehead atoms. The summed E-state index contributed by atoms with van der Waals surface area (Å²) in [5.74, 6) is 0.174. The third-order valence-electron chi connectivity index (χ3n) is 6.25. The highest BCUT2D eigenvalue weighted by Gasteiger charge is 2.42. The number of likely N-dealkylation sites (N-methyl/N-ethyl adjacent to an activating group) is 1. The van der Waals surface area contributed by atoms with Crippen molar-refractivity contribution in [3.63, 3.8) is 0 Å². The van der Waals surface area contributed by atoms with Crippen LogP contribution in [0.1, 0.15) is 62.9 Å². The number of carbonyl (C=O) groups is 2. The van der Waals surface area contributed by atoms with Crippen LogP contribution in [0.2, 0.25) is 0 Å². The van der Waals surface area contributed by atoms with Gasteiger partial charge in [-0.15, -0.1) is 0 Å². The molecule has 2 aliphatic rings. The Kier molecular flexibility index (Phi) is 6.58. The minimum Gasteiger partial charge on any atom is -0.347 e. The molecule has 6 heteroatoms. The molecular formula is C21H34N4O2. The summed E-state index contributed by atoms with van der Waals surface area (Å²) in [6.07, 6.45) is 8.71. The predicted molar refractivity (Wildman–Crippen MR) is 107 cm³/mol. The average molecular weight is 375 g/mol. The molecule has 27 heavy (non-hydrogen) atoms. The number of aromatic nitrogens is 1. The minimum atomic E-state index is -0.105. The summed E-state index contributed by atoms with van der Waals surface area (Å²) < 4.78 is 1.84. The van der Waals surface area contributed by atoms with Gasteiger partial charge in [-0.25, -0.2) is 0 Å². The highest BCUT2D eigenvalue weighted by molar-refractivity contribution is 5.93. The van der Waals surface area contributed by atoms with Gasteiger partial charge < -0.3 is 14.8 Å². The summed E-state index contributed by atoms with van der Waals surface area (Å²) in [6.45, 7) is 6.33. The molecule has 2 amide bonds. The summed E-state index contributed by atoms with van der Waals surface area (Å²) in [6, 6.07) is 4.11. The molecule has 0 aromatic carbocycles. The van der Waals surface area contributed by atoms with Crippen LogP contribution < -0.4 is 5.32 Å². The van der Waals surface area contributed by atoms with Gasteiger partial charge in [0.05, 0.1) is 6.04 Å². The number of likely N-dealkylation sites (tertiary alicyclic amines) is 1. The van der Waals surface area contributed by atoms with Crippen molar-refractivity contribution in [1.29, 1.82) is 0 Å². The molecule has 1 N–H and O–H groups in total. The van der Waals surface area contributed by atoms with Crippen LogP contribution in [0, 0.1) is 0 Å². The Morgan fingerprint density at radius 2 is 1.89 bits per heavy atom. The van der Waals surface area contributed by atoms with E-state index in [9.17, 15) is 9.59 Å². The van der Waals surface area contributed by atoms with E-state index in [4.69, 9.17) is 0 Å². The van der Waals surface area contributed by atoms with Gasteiger partial charge in [-0.2, -0.15) is 0 Å². The lowest BCUT2D eigenvalue weighted by Gasteiger charge is -2.36. The fourth-order valence-corrected chi connectivity index (χ4v) is 4.73. The van der Waals surface area contributed by atoms with Crippen LogP contribution in [0.3, 0.4) is 0 Å². The van der Waals surface area contributed by atoms with Crippen molar-refractivity contribution in [3.05, 3.63) is 24.0 Å². The number of aryl methyl sites for hydroxylation is 1. The number of hydrogen-bond donors (Lipinski definition) is 1. The Bertz CT molecular complexity index is 646. The maximum Gasteiger partial charge on any atom is 0.268 e. The van der Waals surface area contributed by atoms with E-state index >= 15 is 0 Å². The molecule has 1 saturated carbocycles. The zero-order chi connectivity index (χ0) is 19.4. The first kappa shape index (κ1) is 19.9. The Morgan fingerprint density at radius 1 is 1.19 bits per heavy atom. The van der Waals surface area contributed by atoms with Crippen molar-refractivity contribution < 1.29 is 9.59 Å². The quantitative estimate of drug-likeness (QED) is 0.832. The van der Waals surface area contributed by atoms with E-state index in [0.717, 1.165) is 19.6 Å². The first-order chi connectivity index (χ1) is 13.0. The molecular weight excluding hydrogens is 340 g/mol. The molecule has 1 aromatic rings. The largest absolute Gasteiger partial charge is 0.347 e. The normalized spacial score (nSPS) is 24.1. The van der Waals surface area contributed by atoms with E-state index < -0.39 is 0 Å². The van der Waals surface area contributed by atoms with Crippen LogP contribution in [0.25, 0.3) is 0 Å². The van der Waals surface area contributed by atoms with Gasteiger partial charge in [0.1, 0.15) is 5.69 Å². The predicted octanol–water partition coefficient (Wildman–Crippen LogP) is 2.40. The van der Waals surface area contributed by atoms with Gasteiger partial charge >= 0.3 is 0 Å². The van der Waals surface area contributed by atoms with Gasteiger partial charge in [-0.05, 0) is 45.2 Å². The molecule has 2 heterocycles. The number of nitrogens with zero attached hydrogens (tertiary/aromatic N) is 3. The molecule has 2 fully saturated rings. The van der Waals surface area contributed by atoms with E-state index in [1.165, 1.54) is 32.1 Å². The fraction of sp³-hybridized carbons (Fsp3) is 0.714. The van der Waals surface area contributed by atoms with Crippen LogP contribution >= 0.6 is 0 Å². The molecule has 150 valence electrons. The van der Waals surface area contributed by atoms with Crippen LogP contribution in [-0.4, -0.2) is 63.9 Å². The molecule has 1 aromatic heterocycles. The number of amides is 2. The minimum absolute atomic E-state index is 0.0267. The summed E-state index contributed by atoms with van der Waals surface area (Å²) >= 11 is 0. The lowest BCUT2D eigenvalue weighted by molar-refractivity contribution is -0.136. The fourth-order valence-electron chi connectivity index (χ4n) is 4.73. The highest BCUT2D eigenvalue weighted by Crippen LogP contribution is 2.30. The van der Waals surface area contributed by atoms with Crippen LogP contribution in [0.5, 0.6) is 0 Å². The zero-order valence-electron chi connectivity index (χ0n) is 17.0. The summed E-state index contributed by atoms with van der Waals surface area (Å²) in [7, 11) is 1.88. The highest BCUT2D eigenvalue weighted by atomic mass is 16.2. The van der Waals surface area contributed by atoms with E-state index in [1.807, 2.05) is 48.7 Å². The van der Waals surface area contributed by atoms with E-state index in [-0.39, 0.29) is 23.9 Å². The first-order valence-corrected chi connectivity index (χ1v) is 10.5. The zero-order valence-corrected chi connectivity index (χ0v) is 17.0. The Labute approximate surface area is 162 Å². The van der Waals surface area contributed by atoms with E-state index in [2.05, 4.69) is 10.2 Å². The van der Waals surface area contributed by atoms with E-state index in [1.54, 1.807) is 0 Å². The number of nitrogens with one attached hydrogen (secondary N) is 1. The number of carbonyl (C=O) groups excluding carboxylic acids is 2. The first-order valence-electron chi connectivity index (χ1n) is 10.5. The molecule has 3 rings (SSSR count). The molecule has 1 aliphatic heterocycles. The standard InChI is InChI=1S/C21H34N4O2/c1-4-24(5-2)21(27)19-14-16(15-25(19)17-10-7-6-8-11-17)22-20(26)18-12-9-13-23(18)3/h9,12-13,16-17,19H,4-8,10-11,14-15H2,1-3H3,(H,22,26)/t16-,19-/m0/s1. The van der Waals surface area contributed by atoms with Gasteiger partial charge in [0.2, 0.25) is 5.91 Å². The molecule has 0 radical (unpaired) electrons. The lowest BCUT2D eigenvalue weighted by Crippen LogP contribution is -2.49. The summed E-state index contributed by atoms with van der Waals surface area (Å²) in [5.41, 5.74) is 0.665. The molecule has 2 atom stereocenters. The maximum atomic E-state index is 13.1. The monoisotopic (exact) mass is 374 g/mol. The second-order valence-electron chi connectivity index (χ2n) is 7.93. The van der Waals surface area contributed by atoms with Gasteiger partial charge in [0.25, 0.3) is 5.91 Å². The van der Waals surface area contributed by atoms with Crippen molar-refractivity contribution >= 4 is 11.8 Å². The number of rotatable bonds is 6. The topological polar surface area (TPSA) is 57.6 Å². The van der Waals surface area contributed by atoms with Gasteiger partial charge in [-0.1, -0.05) is 19.3 Å². The molecule has 1 aliphatic carbocycles. The van der Waals surface area contributed by atoms with Gasteiger partial charge in [0, 0.05) is 45.0 Å². The van der Waals surface area contributed by atoms with Crippen LogP contribution in [-0.2, 0) is 11.8 Å². The maximum absolute atomic E-state index is 13.1. The van der Waals surface area contributed by atoms with E-state index in [0.29, 0.717) is 18.2 Å². The Morgan fingerprint density at radius 3 is 2.48 bits per heavy atom. The summed E-state index contributed by atoms with van der Waals surface area (Å²) in [4.78, 5) is 30.1.